The maximum Gasteiger partial charge on any atom is 0.279 e. The van der Waals surface area contributed by atoms with Gasteiger partial charge in [-0.15, -0.1) is 0 Å². The smallest absolute Gasteiger partial charge is 0.279 e. The van der Waals surface area contributed by atoms with E-state index in [-0.39, 0.29) is 10.6 Å². The van der Waals surface area contributed by atoms with Crippen molar-refractivity contribution in [1.82, 2.24) is 4.90 Å². The first-order chi connectivity index (χ1) is 11.6. The monoisotopic (exact) mass is 341 g/mol. The maximum atomic E-state index is 11.2. The van der Waals surface area contributed by atoms with Gasteiger partial charge in [0.15, 0.2) is 0 Å². The minimum absolute atomic E-state index is 0.0727. The van der Waals surface area contributed by atoms with Gasteiger partial charge in [0.25, 0.3) is 5.69 Å². The van der Waals surface area contributed by atoms with Crippen LogP contribution >= 0.6 is 12.2 Å². The zero-order valence-electron chi connectivity index (χ0n) is 13.5. The molecule has 24 heavy (non-hydrogen) atoms. The van der Waals surface area contributed by atoms with E-state index in [0.717, 1.165) is 26.2 Å². The molecular formula is C18H19N3O2S. The Morgan fingerprint density at radius 3 is 2.29 bits per heavy atom. The van der Waals surface area contributed by atoms with Gasteiger partial charge in [0, 0.05) is 37.9 Å². The molecule has 0 N–H and O–H groups in total. The third kappa shape index (κ3) is 3.38. The van der Waals surface area contributed by atoms with Crippen molar-refractivity contribution in [2.75, 3.05) is 31.1 Å². The second-order valence-corrected chi connectivity index (χ2v) is 6.28. The van der Waals surface area contributed by atoms with Gasteiger partial charge in [-0.1, -0.05) is 42.0 Å². The van der Waals surface area contributed by atoms with Crippen LogP contribution in [-0.4, -0.2) is 41.0 Å². The zero-order valence-corrected chi connectivity index (χ0v) is 14.3. The Hall–Kier alpha value is -2.47. The molecule has 1 aliphatic rings. The molecule has 1 heterocycles. The molecule has 0 bridgehead atoms. The Labute approximate surface area is 146 Å². The van der Waals surface area contributed by atoms with Gasteiger partial charge in [0.05, 0.1) is 10.5 Å². The van der Waals surface area contributed by atoms with E-state index in [0.29, 0.717) is 10.6 Å². The van der Waals surface area contributed by atoms with Crippen molar-refractivity contribution >= 4 is 28.6 Å². The summed E-state index contributed by atoms with van der Waals surface area (Å²) in [6.07, 6.45) is 0. The lowest BCUT2D eigenvalue weighted by molar-refractivity contribution is -0.385. The number of piperazine rings is 1. The fourth-order valence-corrected chi connectivity index (χ4v) is 3.26. The summed E-state index contributed by atoms with van der Waals surface area (Å²) in [5.41, 5.74) is 3.05. The van der Waals surface area contributed by atoms with E-state index in [1.54, 1.807) is 18.2 Å². The highest BCUT2D eigenvalue weighted by Crippen LogP contribution is 2.22. The summed E-state index contributed by atoms with van der Waals surface area (Å²) in [6, 6.07) is 15.2. The number of hydrogen-bond donors (Lipinski definition) is 0. The summed E-state index contributed by atoms with van der Waals surface area (Å²) in [5.74, 6) is 0. The zero-order chi connectivity index (χ0) is 17.1. The molecule has 124 valence electrons. The summed E-state index contributed by atoms with van der Waals surface area (Å²) < 4.78 is 0. The maximum absolute atomic E-state index is 11.2. The molecule has 3 rings (SSSR count). The van der Waals surface area contributed by atoms with Crippen LogP contribution in [0, 0.1) is 17.0 Å². The molecule has 2 aromatic rings. The number of para-hydroxylation sites is 1. The Bertz CT molecular complexity index is 753. The average molecular weight is 341 g/mol. The standard InChI is InChI=1S/C18H19N3O2S/c1-14-6-8-15(9-7-14)19-10-12-20(13-11-19)18(24)16-4-2-3-5-17(16)21(22)23/h2-9H,10-13H2,1H3. The predicted octanol–water partition coefficient (Wildman–Crippen LogP) is 3.40. The van der Waals surface area contributed by atoms with Gasteiger partial charge >= 0.3 is 0 Å². The Morgan fingerprint density at radius 2 is 1.67 bits per heavy atom. The molecule has 6 heteroatoms. The second kappa shape index (κ2) is 6.97. The molecule has 0 spiro atoms. The number of nitro benzene ring substituents is 1. The molecule has 0 aliphatic carbocycles. The highest BCUT2D eigenvalue weighted by Gasteiger charge is 2.24. The van der Waals surface area contributed by atoms with Gasteiger partial charge in [-0.2, -0.15) is 0 Å². The van der Waals surface area contributed by atoms with E-state index < -0.39 is 0 Å². The number of aryl methyl sites for hydroxylation is 1. The molecule has 1 saturated heterocycles. The SMILES string of the molecule is Cc1ccc(N2CCN(C(=S)c3ccccc3[N+](=O)[O-])CC2)cc1. The molecule has 5 nitrogen and oxygen atoms in total. The minimum atomic E-state index is -0.371. The summed E-state index contributed by atoms with van der Waals surface area (Å²) >= 11 is 5.52. The minimum Gasteiger partial charge on any atom is -0.368 e. The molecule has 2 aromatic carbocycles. The van der Waals surface area contributed by atoms with E-state index >= 15 is 0 Å². The molecule has 0 radical (unpaired) electrons. The van der Waals surface area contributed by atoms with Crippen LogP contribution in [0.25, 0.3) is 0 Å². The first kappa shape index (κ1) is 16.4. The topological polar surface area (TPSA) is 49.6 Å². The van der Waals surface area contributed by atoms with E-state index in [2.05, 4.69) is 41.0 Å². The Morgan fingerprint density at radius 1 is 1.04 bits per heavy atom. The number of nitrogens with zero attached hydrogens (tertiary/aromatic N) is 3. The van der Waals surface area contributed by atoms with Crippen LogP contribution in [0.5, 0.6) is 0 Å². The number of benzene rings is 2. The molecule has 1 aliphatic heterocycles. The number of anilines is 1. The largest absolute Gasteiger partial charge is 0.368 e. The van der Waals surface area contributed by atoms with Crippen LogP contribution < -0.4 is 4.90 Å². The lowest BCUT2D eigenvalue weighted by Gasteiger charge is -2.37. The molecular weight excluding hydrogens is 322 g/mol. The third-order valence-electron chi connectivity index (χ3n) is 4.30. The van der Waals surface area contributed by atoms with Gasteiger partial charge in [-0.05, 0) is 25.1 Å². The van der Waals surface area contributed by atoms with Crippen molar-refractivity contribution in [3.63, 3.8) is 0 Å². The van der Waals surface area contributed by atoms with Crippen LogP contribution in [0.4, 0.5) is 11.4 Å². The molecule has 0 atom stereocenters. The summed E-state index contributed by atoms with van der Waals surface area (Å²) in [7, 11) is 0. The highest BCUT2D eigenvalue weighted by atomic mass is 32.1. The molecule has 1 fully saturated rings. The van der Waals surface area contributed by atoms with Crippen LogP contribution in [0.1, 0.15) is 11.1 Å². The van der Waals surface area contributed by atoms with Crippen molar-refractivity contribution in [1.29, 1.82) is 0 Å². The highest BCUT2D eigenvalue weighted by molar-refractivity contribution is 7.80. The fraction of sp³-hybridized carbons (Fsp3) is 0.278. The Kier molecular flexibility index (Phi) is 4.76. The fourth-order valence-electron chi connectivity index (χ4n) is 2.91. The number of nitro groups is 1. The van der Waals surface area contributed by atoms with Crippen LogP contribution in [-0.2, 0) is 0 Å². The third-order valence-corrected chi connectivity index (χ3v) is 4.78. The van der Waals surface area contributed by atoms with Crippen LogP contribution in [0.3, 0.4) is 0 Å². The second-order valence-electron chi connectivity index (χ2n) is 5.89. The molecule has 0 amide bonds. The van der Waals surface area contributed by atoms with Gasteiger partial charge in [0.2, 0.25) is 0 Å². The quantitative estimate of drug-likeness (QED) is 0.486. The number of rotatable bonds is 3. The molecule has 0 unspecified atom stereocenters. The van der Waals surface area contributed by atoms with Crippen LogP contribution in [0.15, 0.2) is 48.5 Å². The first-order valence-electron chi connectivity index (χ1n) is 7.90. The lowest BCUT2D eigenvalue weighted by atomic mass is 10.1. The van der Waals surface area contributed by atoms with Crippen molar-refractivity contribution in [3.8, 4) is 0 Å². The predicted molar refractivity (Wildman–Crippen MR) is 99.8 cm³/mol. The van der Waals surface area contributed by atoms with Gasteiger partial charge < -0.3 is 9.80 Å². The van der Waals surface area contributed by atoms with E-state index in [4.69, 9.17) is 12.2 Å². The van der Waals surface area contributed by atoms with Gasteiger partial charge in [0.1, 0.15) is 4.99 Å². The normalized spacial score (nSPS) is 14.5. The Balaban J connectivity index is 1.69. The first-order valence-corrected chi connectivity index (χ1v) is 8.31. The lowest BCUT2D eigenvalue weighted by Crippen LogP contribution is -2.48. The average Bonchev–Trinajstić information content (AvgIpc) is 2.62. The van der Waals surface area contributed by atoms with Gasteiger partial charge in [-0.25, -0.2) is 0 Å². The number of hydrogen-bond acceptors (Lipinski definition) is 4. The van der Waals surface area contributed by atoms with Crippen LogP contribution in [0.2, 0.25) is 0 Å². The van der Waals surface area contributed by atoms with Crippen molar-refractivity contribution in [2.24, 2.45) is 0 Å². The number of thiocarbonyl (C=S) groups is 1. The summed E-state index contributed by atoms with van der Waals surface area (Å²) in [6.45, 7) is 5.30. The summed E-state index contributed by atoms with van der Waals surface area (Å²) in [5, 5.41) is 11.2. The van der Waals surface area contributed by atoms with Crippen molar-refractivity contribution in [3.05, 3.63) is 69.8 Å². The molecule has 0 saturated carbocycles. The van der Waals surface area contributed by atoms with Crippen molar-refractivity contribution < 1.29 is 4.92 Å². The van der Waals surface area contributed by atoms with Crippen molar-refractivity contribution in [2.45, 2.75) is 6.92 Å². The molecule has 0 aromatic heterocycles. The summed E-state index contributed by atoms with van der Waals surface area (Å²) in [4.78, 5) is 15.8. The van der Waals surface area contributed by atoms with E-state index in [1.807, 2.05) is 0 Å². The van der Waals surface area contributed by atoms with Gasteiger partial charge in [-0.3, -0.25) is 10.1 Å². The van der Waals surface area contributed by atoms with E-state index in [9.17, 15) is 10.1 Å². The van der Waals surface area contributed by atoms with E-state index in [1.165, 1.54) is 17.3 Å².